The molecule has 1 aromatic carbocycles. The van der Waals surface area contributed by atoms with E-state index >= 15 is 0 Å². The molecular formula is C8H10N2O2. The molecule has 3 N–H and O–H groups in total. The molecule has 0 saturated carbocycles. The summed E-state index contributed by atoms with van der Waals surface area (Å²) in [5.41, 5.74) is 6.51. The molecule has 64 valence electrons. The lowest BCUT2D eigenvalue weighted by molar-refractivity contribution is 0.215. The van der Waals surface area contributed by atoms with Crippen LogP contribution in [0.2, 0.25) is 0 Å². The molecule has 4 heteroatoms. The van der Waals surface area contributed by atoms with E-state index in [1.807, 2.05) is 0 Å². The number of phenolic OH excluding ortho intramolecular Hbond substituents is 1. The third-order valence-electron chi connectivity index (χ3n) is 1.35. The number of benzene rings is 1. The highest BCUT2D eigenvalue weighted by Crippen LogP contribution is 2.17. The standard InChI is InChI=1S/C8H10N2O2/c1-12-10-5-6-2-3-7(9)4-8(6)11/h2-5,11H,9H2,1H3/b10-5+. The summed E-state index contributed by atoms with van der Waals surface area (Å²) < 4.78 is 0. The van der Waals surface area contributed by atoms with E-state index in [1.54, 1.807) is 12.1 Å². The molecule has 1 aromatic rings. The van der Waals surface area contributed by atoms with Crippen molar-refractivity contribution in [1.82, 2.24) is 0 Å². The number of rotatable bonds is 2. The molecule has 0 aliphatic rings. The van der Waals surface area contributed by atoms with Crippen LogP contribution in [0.1, 0.15) is 5.56 Å². The zero-order chi connectivity index (χ0) is 8.97. The Morgan fingerprint density at radius 2 is 2.33 bits per heavy atom. The average molecular weight is 166 g/mol. The van der Waals surface area contributed by atoms with Crippen LogP contribution in [-0.2, 0) is 4.84 Å². The van der Waals surface area contributed by atoms with E-state index in [0.29, 0.717) is 11.3 Å². The highest BCUT2D eigenvalue weighted by Gasteiger charge is 1.97. The van der Waals surface area contributed by atoms with Gasteiger partial charge in [0.05, 0.1) is 6.21 Å². The molecular weight excluding hydrogens is 156 g/mol. The fraction of sp³-hybridized carbons (Fsp3) is 0.125. The monoisotopic (exact) mass is 166 g/mol. The number of nitrogen functional groups attached to an aromatic ring is 1. The maximum atomic E-state index is 9.29. The summed E-state index contributed by atoms with van der Waals surface area (Å²) in [4.78, 5) is 4.46. The van der Waals surface area contributed by atoms with Crippen LogP contribution in [0.5, 0.6) is 5.75 Å². The molecule has 0 radical (unpaired) electrons. The SMILES string of the molecule is CO/N=C/c1ccc(N)cc1O. The molecule has 0 bridgehead atoms. The Kier molecular flexibility index (Phi) is 2.53. The van der Waals surface area contributed by atoms with Crippen molar-refractivity contribution < 1.29 is 9.94 Å². The van der Waals surface area contributed by atoms with Gasteiger partial charge in [-0.15, -0.1) is 0 Å². The number of nitrogens with zero attached hydrogens (tertiary/aromatic N) is 1. The molecule has 0 unspecified atom stereocenters. The van der Waals surface area contributed by atoms with Crippen LogP contribution < -0.4 is 5.73 Å². The van der Waals surface area contributed by atoms with Gasteiger partial charge in [0.2, 0.25) is 0 Å². The second-order valence-corrected chi connectivity index (χ2v) is 2.24. The van der Waals surface area contributed by atoms with Gasteiger partial charge in [-0.3, -0.25) is 0 Å². The Labute approximate surface area is 70.3 Å². The smallest absolute Gasteiger partial charge is 0.126 e. The number of anilines is 1. The summed E-state index contributed by atoms with van der Waals surface area (Å²) in [5, 5.41) is 12.8. The Morgan fingerprint density at radius 1 is 1.58 bits per heavy atom. The Bertz CT molecular complexity index is 297. The Hall–Kier alpha value is -1.71. The fourth-order valence-electron chi connectivity index (χ4n) is 0.779. The summed E-state index contributed by atoms with van der Waals surface area (Å²) in [6, 6.07) is 4.79. The van der Waals surface area contributed by atoms with E-state index in [1.165, 1.54) is 19.4 Å². The topological polar surface area (TPSA) is 67.8 Å². The van der Waals surface area contributed by atoms with Crippen LogP contribution in [0.25, 0.3) is 0 Å². The largest absolute Gasteiger partial charge is 0.507 e. The predicted octanol–water partition coefficient (Wildman–Crippen LogP) is 0.955. The highest BCUT2D eigenvalue weighted by molar-refractivity contribution is 5.83. The second-order valence-electron chi connectivity index (χ2n) is 2.24. The normalized spacial score (nSPS) is 10.4. The van der Waals surface area contributed by atoms with E-state index in [-0.39, 0.29) is 5.75 Å². The Balaban J connectivity index is 2.94. The Morgan fingerprint density at radius 3 is 2.92 bits per heavy atom. The van der Waals surface area contributed by atoms with Gasteiger partial charge in [-0.2, -0.15) is 0 Å². The van der Waals surface area contributed by atoms with Crippen LogP contribution in [-0.4, -0.2) is 18.4 Å². The van der Waals surface area contributed by atoms with E-state index in [4.69, 9.17) is 5.73 Å². The molecule has 0 fully saturated rings. The van der Waals surface area contributed by atoms with Crippen molar-refractivity contribution in [3.05, 3.63) is 23.8 Å². The molecule has 0 aliphatic heterocycles. The molecule has 4 nitrogen and oxygen atoms in total. The first-order valence-corrected chi connectivity index (χ1v) is 3.39. The van der Waals surface area contributed by atoms with Gasteiger partial charge in [0.1, 0.15) is 12.9 Å². The molecule has 0 heterocycles. The summed E-state index contributed by atoms with van der Waals surface area (Å²) in [5.74, 6) is 0.0933. The van der Waals surface area contributed by atoms with Crippen molar-refractivity contribution >= 4 is 11.9 Å². The summed E-state index contributed by atoms with van der Waals surface area (Å²) in [6.07, 6.45) is 1.41. The average Bonchev–Trinajstić information content (AvgIpc) is 2.03. The van der Waals surface area contributed by atoms with Crippen LogP contribution in [0.3, 0.4) is 0 Å². The van der Waals surface area contributed by atoms with Gasteiger partial charge in [-0.05, 0) is 12.1 Å². The van der Waals surface area contributed by atoms with Crippen molar-refractivity contribution in [2.75, 3.05) is 12.8 Å². The van der Waals surface area contributed by atoms with Gasteiger partial charge in [0.15, 0.2) is 0 Å². The first-order chi connectivity index (χ1) is 5.74. The van der Waals surface area contributed by atoms with Gasteiger partial charge in [0.25, 0.3) is 0 Å². The lowest BCUT2D eigenvalue weighted by Gasteiger charge is -1.98. The van der Waals surface area contributed by atoms with Crippen LogP contribution in [0.15, 0.2) is 23.4 Å². The quantitative estimate of drug-likeness (QED) is 0.390. The van der Waals surface area contributed by atoms with Crippen LogP contribution in [0.4, 0.5) is 5.69 Å². The molecule has 0 saturated heterocycles. The predicted molar refractivity (Wildman–Crippen MR) is 47.1 cm³/mol. The van der Waals surface area contributed by atoms with Gasteiger partial charge >= 0.3 is 0 Å². The van der Waals surface area contributed by atoms with Crippen molar-refractivity contribution in [2.45, 2.75) is 0 Å². The molecule has 0 aliphatic carbocycles. The summed E-state index contributed by atoms with van der Waals surface area (Å²) >= 11 is 0. The maximum Gasteiger partial charge on any atom is 0.126 e. The molecule has 0 amide bonds. The number of hydrogen-bond donors (Lipinski definition) is 2. The minimum atomic E-state index is 0.0933. The molecule has 0 spiro atoms. The number of phenols is 1. The maximum absolute atomic E-state index is 9.29. The lowest BCUT2D eigenvalue weighted by Crippen LogP contribution is -1.87. The van der Waals surface area contributed by atoms with E-state index < -0.39 is 0 Å². The number of oxime groups is 1. The third-order valence-corrected chi connectivity index (χ3v) is 1.35. The van der Waals surface area contributed by atoms with Crippen LogP contribution >= 0.6 is 0 Å². The van der Waals surface area contributed by atoms with E-state index in [2.05, 4.69) is 9.99 Å². The number of aromatic hydroxyl groups is 1. The fourth-order valence-corrected chi connectivity index (χ4v) is 0.779. The lowest BCUT2D eigenvalue weighted by atomic mass is 10.2. The highest BCUT2D eigenvalue weighted by atomic mass is 16.6. The second kappa shape index (κ2) is 3.61. The zero-order valence-electron chi connectivity index (χ0n) is 6.69. The third kappa shape index (κ3) is 1.88. The summed E-state index contributed by atoms with van der Waals surface area (Å²) in [7, 11) is 1.44. The van der Waals surface area contributed by atoms with Gasteiger partial charge < -0.3 is 15.7 Å². The van der Waals surface area contributed by atoms with E-state index in [9.17, 15) is 5.11 Å². The minimum absolute atomic E-state index is 0.0933. The van der Waals surface area contributed by atoms with Crippen molar-refractivity contribution in [3.63, 3.8) is 0 Å². The van der Waals surface area contributed by atoms with Crippen LogP contribution in [0, 0.1) is 0 Å². The van der Waals surface area contributed by atoms with Crippen molar-refractivity contribution in [1.29, 1.82) is 0 Å². The minimum Gasteiger partial charge on any atom is -0.507 e. The number of nitrogens with two attached hydrogens (primary N) is 1. The first-order valence-electron chi connectivity index (χ1n) is 3.39. The molecule has 0 aromatic heterocycles. The van der Waals surface area contributed by atoms with Gasteiger partial charge in [-0.25, -0.2) is 0 Å². The van der Waals surface area contributed by atoms with Crippen molar-refractivity contribution in [2.24, 2.45) is 5.16 Å². The first kappa shape index (κ1) is 8.39. The molecule has 0 atom stereocenters. The number of hydrogen-bond acceptors (Lipinski definition) is 4. The van der Waals surface area contributed by atoms with Gasteiger partial charge in [-0.1, -0.05) is 5.16 Å². The molecule has 12 heavy (non-hydrogen) atoms. The van der Waals surface area contributed by atoms with Gasteiger partial charge in [0, 0.05) is 17.3 Å². The van der Waals surface area contributed by atoms with Crippen molar-refractivity contribution in [3.8, 4) is 5.75 Å². The van der Waals surface area contributed by atoms with E-state index in [0.717, 1.165) is 0 Å². The molecule has 1 rings (SSSR count). The zero-order valence-corrected chi connectivity index (χ0v) is 6.69. The summed E-state index contributed by atoms with van der Waals surface area (Å²) in [6.45, 7) is 0.